The Morgan fingerprint density at radius 2 is 1.96 bits per heavy atom. The van der Waals surface area contributed by atoms with E-state index in [2.05, 4.69) is 39.4 Å². The van der Waals surface area contributed by atoms with Crippen molar-refractivity contribution in [1.29, 1.82) is 0 Å². The van der Waals surface area contributed by atoms with Gasteiger partial charge in [0.1, 0.15) is 0 Å². The predicted molar refractivity (Wildman–Crippen MR) is 116 cm³/mol. The molecule has 7 heteroatoms. The molecular formula is C21H21ClN4OS. The number of carbonyl (C=O) groups is 1. The van der Waals surface area contributed by atoms with Crippen LogP contribution in [0, 0.1) is 0 Å². The van der Waals surface area contributed by atoms with Gasteiger partial charge in [0.15, 0.2) is 5.13 Å². The van der Waals surface area contributed by atoms with Crippen LogP contribution in [-0.4, -0.2) is 48.5 Å². The Balaban J connectivity index is 1.19. The molecule has 0 saturated carbocycles. The number of fused-ring (bicyclic) bond motifs is 2. The van der Waals surface area contributed by atoms with Crippen LogP contribution in [0.5, 0.6) is 0 Å². The standard InChI is InChI=1S/C21H21ClN4OS/c22-16-13-18-15(12-20(27)23-18)11-14(16)5-6-25-7-9-26(10-8-25)21-24-17-3-1-2-4-19(17)28-21/h1-4,11,13H,5-10,12H2,(H,23,27). The number of nitrogens with zero attached hydrogens (tertiary/aromatic N) is 3. The quantitative estimate of drug-likeness (QED) is 0.707. The van der Waals surface area contributed by atoms with Gasteiger partial charge in [0.25, 0.3) is 0 Å². The molecule has 2 aliphatic heterocycles. The average molecular weight is 413 g/mol. The number of halogens is 1. The molecule has 3 aromatic rings. The number of aromatic nitrogens is 1. The zero-order valence-electron chi connectivity index (χ0n) is 15.4. The first-order chi connectivity index (χ1) is 13.7. The number of benzene rings is 2. The van der Waals surface area contributed by atoms with Gasteiger partial charge < -0.3 is 10.2 Å². The van der Waals surface area contributed by atoms with Gasteiger partial charge in [-0.1, -0.05) is 41.1 Å². The maximum absolute atomic E-state index is 11.6. The molecule has 0 atom stereocenters. The molecule has 0 spiro atoms. The number of anilines is 2. The van der Waals surface area contributed by atoms with Gasteiger partial charge in [-0.15, -0.1) is 0 Å². The van der Waals surface area contributed by atoms with Crippen molar-refractivity contribution in [1.82, 2.24) is 9.88 Å². The minimum Gasteiger partial charge on any atom is -0.345 e. The van der Waals surface area contributed by atoms with Crippen LogP contribution in [0.25, 0.3) is 10.2 Å². The first-order valence-electron chi connectivity index (χ1n) is 9.60. The van der Waals surface area contributed by atoms with E-state index in [4.69, 9.17) is 16.6 Å². The minimum absolute atomic E-state index is 0.0502. The fourth-order valence-electron chi connectivity index (χ4n) is 3.93. The number of para-hydroxylation sites is 1. The lowest BCUT2D eigenvalue weighted by molar-refractivity contribution is -0.115. The van der Waals surface area contributed by atoms with Crippen molar-refractivity contribution in [3.63, 3.8) is 0 Å². The van der Waals surface area contributed by atoms with Crippen molar-refractivity contribution in [3.8, 4) is 0 Å². The van der Waals surface area contributed by atoms with E-state index in [9.17, 15) is 4.79 Å². The highest BCUT2D eigenvalue weighted by Crippen LogP contribution is 2.31. The molecule has 28 heavy (non-hydrogen) atoms. The van der Waals surface area contributed by atoms with E-state index in [0.29, 0.717) is 6.42 Å². The van der Waals surface area contributed by atoms with E-state index in [1.165, 1.54) is 4.70 Å². The Labute approximate surface area is 172 Å². The normalized spacial score (nSPS) is 17.2. The number of thiazole rings is 1. The smallest absolute Gasteiger partial charge is 0.228 e. The molecule has 2 aromatic carbocycles. The van der Waals surface area contributed by atoms with Crippen molar-refractivity contribution < 1.29 is 4.79 Å². The summed E-state index contributed by atoms with van der Waals surface area (Å²) in [6.07, 6.45) is 1.36. The van der Waals surface area contributed by atoms with Gasteiger partial charge in [-0.25, -0.2) is 4.98 Å². The summed E-state index contributed by atoms with van der Waals surface area (Å²) in [5, 5.41) is 4.73. The highest BCUT2D eigenvalue weighted by molar-refractivity contribution is 7.22. The van der Waals surface area contributed by atoms with Gasteiger partial charge in [0.2, 0.25) is 5.91 Å². The Bertz CT molecular complexity index is 1010. The summed E-state index contributed by atoms with van der Waals surface area (Å²) < 4.78 is 1.25. The number of amides is 1. The molecule has 0 unspecified atom stereocenters. The summed E-state index contributed by atoms with van der Waals surface area (Å²) in [5.41, 5.74) is 4.14. The van der Waals surface area contributed by atoms with Crippen LogP contribution in [0.3, 0.4) is 0 Å². The molecule has 1 aromatic heterocycles. The Morgan fingerprint density at radius 3 is 2.79 bits per heavy atom. The molecule has 1 saturated heterocycles. The van der Waals surface area contributed by atoms with Crippen molar-refractivity contribution in [2.45, 2.75) is 12.8 Å². The molecule has 2 aliphatic rings. The maximum atomic E-state index is 11.6. The number of rotatable bonds is 4. The highest BCUT2D eigenvalue weighted by atomic mass is 35.5. The third kappa shape index (κ3) is 3.48. The molecule has 1 amide bonds. The van der Waals surface area contributed by atoms with E-state index in [-0.39, 0.29) is 5.91 Å². The summed E-state index contributed by atoms with van der Waals surface area (Å²) in [6.45, 7) is 5.02. The van der Waals surface area contributed by atoms with E-state index in [1.807, 2.05) is 12.1 Å². The first kappa shape index (κ1) is 17.9. The Hall–Kier alpha value is -2.15. The summed E-state index contributed by atoms with van der Waals surface area (Å²) in [6, 6.07) is 12.3. The zero-order valence-corrected chi connectivity index (χ0v) is 17.0. The number of nitrogens with one attached hydrogen (secondary N) is 1. The van der Waals surface area contributed by atoms with E-state index < -0.39 is 0 Å². The molecular weight excluding hydrogens is 392 g/mol. The van der Waals surface area contributed by atoms with Crippen molar-refractivity contribution in [2.75, 3.05) is 42.9 Å². The van der Waals surface area contributed by atoms with E-state index in [1.54, 1.807) is 11.3 Å². The topological polar surface area (TPSA) is 48.5 Å². The summed E-state index contributed by atoms with van der Waals surface area (Å²) in [5.74, 6) is 0.0502. The number of hydrogen-bond donors (Lipinski definition) is 1. The van der Waals surface area contributed by atoms with Gasteiger partial charge in [-0.2, -0.15) is 0 Å². The van der Waals surface area contributed by atoms with Crippen LogP contribution in [0.15, 0.2) is 36.4 Å². The lowest BCUT2D eigenvalue weighted by atomic mass is 10.1. The summed E-state index contributed by atoms with van der Waals surface area (Å²) >= 11 is 8.20. The Morgan fingerprint density at radius 1 is 1.14 bits per heavy atom. The number of carbonyl (C=O) groups excluding carboxylic acids is 1. The van der Waals surface area contributed by atoms with Crippen LogP contribution < -0.4 is 10.2 Å². The van der Waals surface area contributed by atoms with Gasteiger partial charge in [-0.3, -0.25) is 9.69 Å². The van der Waals surface area contributed by atoms with Gasteiger partial charge in [-0.05, 0) is 35.7 Å². The van der Waals surface area contributed by atoms with Crippen LogP contribution in [0.1, 0.15) is 11.1 Å². The van der Waals surface area contributed by atoms with E-state index >= 15 is 0 Å². The van der Waals surface area contributed by atoms with Crippen molar-refractivity contribution in [3.05, 3.63) is 52.5 Å². The molecule has 0 aliphatic carbocycles. The SMILES string of the molecule is O=C1Cc2cc(CCN3CCN(c4nc5ccccc5s4)CC3)c(Cl)cc2N1. The monoisotopic (exact) mass is 412 g/mol. The third-order valence-corrected chi connectivity index (χ3v) is 6.97. The zero-order chi connectivity index (χ0) is 19.1. The second-order valence-corrected chi connectivity index (χ2v) is 8.78. The third-order valence-electron chi connectivity index (χ3n) is 5.52. The van der Waals surface area contributed by atoms with Crippen LogP contribution >= 0.6 is 22.9 Å². The lowest BCUT2D eigenvalue weighted by Crippen LogP contribution is -2.47. The maximum Gasteiger partial charge on any atom is 0.228 e. The predicted octanol–water partition coefficient (Wildman–Crippen LogP) is 3.81. The van der Waals surface area contributed by atoms with Crippen molar-refractivity contribution >= 4 is 49.9 Å². The molecule has 5 nitrogen and oxygen atoms in total. The molecule has 1 fully saturated rings. The fraction of sp³-hybridized carbons (Fsp3) is 0.333. The minimum atomic E-state index is 0.0502. The Kier molecular flexibility index (Phi) is 4.70. The van der Waals surface area contributed by atoms with Crippen LogP contribution in [-0.2, 0) is 17.6 Å². The lowest BCUT2D eigenvalue weighted by Gasteiger charge is -2.34. The van der Waals surface area contributed by atoms with Gasteiger partial charge in [0, 0.05) is 43.4 Å². The number of hydrogen-bond acceptors (Lipinski definition) is 5. The summed E-state index contributed by atoms with van der Waals surface area (Å²) in [4.78, 5) is 21.2. The average Bonchev–Trinajstić information content (AvgIpc) is 3.28. The van der Waals surface area contributed by atoms with Crippen LogP contribution in [0.2, 0.25) is 5.02 Å². The molecule has 1 N–H and O–H groups in total. The molecule has 144 valence electrons. The van der Waals surface area contributed by atoms with E-state index in [0.717, 1.165) is 71.6 Å². The molecule has 0 radical (unpaired) electrons. The van der Waals surface area contributed by atoms with Gasteiger partial charge in [0.05, 0.1) is 16.6 Å². The van der Waals surface area contributed by atoms with Crippen LogP contribution in [0.4, 0.5) is 10.8 Å². The van der Waals surface area contributed by atoms with Gasteiger partial charge >= 0.3 is 0 Å². The molecule has 0 bridgehead atoms. The first-order valence-corrected chi connectivity index (χ1v) is 10.8. The molecule has 3 heterocycles. The van der Waals surface area contributed by atoms with Crippen molar-refractivity contribution in [2.24, 2.45) is 0 Å². The molecule has 5 rings (SSSR count). The second kappa shape index (κ2) is 7.35. The summed E-state index contributed by atoms with van der Waals surface area (Å²) in [7, 11) is 0. The largest absolute Gasteiger partial charge is 0.345 e. The number of piperazine rings is 1. The fourth-order valence-corrected chi connectivity index (χ4v) is 5.20. The second-order valence-electron chi connectivity index (χ2n) is 7.37. The highest BCUT2D eigenvalue weighted by Gasteiger charge is 2.22.